The average Bonchev–Trinajstić information content (AvgIpc) is 2.91. The van der Waals surface area contributed by atoms with Gasteiger partial charge in [-0.1, -0.05) is 30.3 Å². The molecule has 1 aliphatic rings. The highest BCUT2D eigenvalue weighted by molar-refractivity contribution is 5.76. The van der Waals surface area contributed by atoms with Gasteiger partial charge in [-0.2, -0.15) is 0 Å². The van der Waals surface area contributed by atoms with Crippen molar-refractivity contribution in [2.75, 3.05) is 13.1 Å². The lowest BCUT2D eigenvalue weighted by atomic mass is 10.2. The summed E-state index contributed by atoms with van der Waals surface area (Å²) in [5, 5.41) is 2.99. The number of amides is 1. The molecule has 1 fully saturated rings. The minimum absolute atomic E-state index is 0.151. The van der Waals surface area contributed by atoms with Gasteiger partial charge in [0, 0.05) is 19.0 Å². The third-order valence-corrected chi connectivity index (χ3v) is 3.58. The first-order valence-electron chi connectivity index (χ1n) is 6.80. The number of nitrogens with zero attached hydrogens (tertiary/aromatic N) is 1. The summed E-state index contributed by atoms with van der Waals surface area (Å²) < 4.78 is 0. The van der Waals surface area contributed by atoms with Gasteiger partial charge in [0.1, 0.15) is 0 Å². The van der Waals surface area contributed by atoms with Crippen molar-refractivity contribution < 1.29 is 4.79 Å². The molecule has 1 aromatic carbocycles. The molecule has 0 bridgehead atoms. The number of carbonyl (C=O) groups excluding carboxylic acids is 1. The molecule has 0 saturated carbocycles. The van der Waals surface area contributed by atoms with E-state index in [1.807, 2.05) is 30.3 Å². The minimum atomic E-state index is 0.151. The van der Waals surface area contributed by atoms with E-state index in [0.29, 0.717) is 19.0 Å². The quantitative estimate of drug-likeness (QED) is 0.863. The molecule has 2 rings (SSSR count). The predicted octanol–water partition coefficient (Wildman–Crippen LogP) is 2.18. The summed E-state index contributed by atoms with van der Waals surface area (Å²) in [6.45, 7) is 5.07. The molecule has 1 saturated heterocycles. The normalized spacial score (nSPS) is 17.6. The van der Waals surface area contributed by atoms with Crippen LogP contribution in [0.25, 0.3) is 0 Å². The van der Waals surface area contributed by atoms with E-state index in [2.05, 4.69) is 17.1 Å². The number of benzene rings is 1. The lowest BCUT2D eigenvalue weighted by molar-refractivity contribution is -0.122. The Labute approximate surface area is 109 Å². The molecule has 0 spiro atoms. The molecule has 1 N–H and O–H groups in total. The third-order valence-electron chi connectivity index (χ3n) is 3.58. The second kappa shape index (κ2) is 6.55. The largest absolute Gasteiger partial charge is 0.352 e. The molecule has 1 heterocycles. The molecule has 1 aromatic rings. The SMILES string of the molecule is C[C@H](CC(=O)NCc1ccccc1)N1CCCC1. The summed E-state index contributed by atoms with van der Waals surface area (Å²) in [5.74, 6) is 0.151. The highest BCUT2D eigenvalue weighted by atomic mass is 16.1. The molecular formula is C15H22N2O. The summed E-state index contributed by atoms with van der Waals surface area (Å²) in [5.41, 5.74) is 1.15. The highest BCUT2D eigenvalue weighted by Gasteiger charge is 2.19. The Kier molecular flexibility index (Phi) is 4.76. The summed E-state index contributed by atoms with van der Waals surface area (Å²) in [4.78, 5) is 14.3. The second-order valence-corrected chi connectivity index (χ2v) is 5.06. The Morgan fingerprint density at radius 3 is 2.61 bits per heavy atom. The van der Waals surface area contributed by atoms with Crippen molar-refractivity contribution in [1.29, 1.82) is 0 Å². The molecule has 0 radical (unpaired) electrons. The summed E-state index contributed by atoms with van der Waals surface area (Å²) in [7, 11) is 0. The van der Waals surface area contributed by atoms with E-state index < -0.39 is 0 Å². The smallest absolute Gasteiger partial charge is 0.221 e. The topological polar surface area (TPSA) is 32.3 Å². The van der Waals surface area contributed by atoms with Crippen molar-refractivity contribution in [1.82, 2.24) is 10.2 Å². The van der Waals surface area contributed by atoms with Crippen molar-refractivity contribution in [3.05, 3.63) is 35.9 Å². The van der Waals surface area contributed by atoms with Gasteiger partial charge in [0.05, 0.1) is 0 Å². The van der Waals surface area contributed by atoms with Gasteiger partial charge in [0.15, 0.2) is 0 Å². The van der Waals surface area contributed by atoms with Crippen molar-refractivity contribution in [2.24, 2.45) is 0 Å². The lowest BCUT2D eigenvalue weighted by Gasteiger charge is -2.23. The van der Waals surface area contributed by atoms with Crippen LogP contribution in [0.1, 0.15) is 31.7 Å². The molecule has 3 nitrogen and oxygen atoms in total. The zero-order chi connectivity index (χ0) is 12.8. The molecule has 1 amide bonds. The lowest BCUT2D eigenvalue weighted by Crippen LogP contribution is -2.35. The van der Waals surface area contributed by atoms with Gasteiger partial charge in [0.25, 0.3) is 0 Å². The van der Waals surface area contributed by atoms with E-state index in [9.17, 15) is 4.79 Å². The monoisotopic (exact) mass is 246 g/mol. The fourth-order valence-corrected chi connectivity index (χ4v) is 2.45. The van der Waals surface area contributed by atoms with Crippen LogP contribution in [0.4, 0.5) is 0 Å². The fourth-order valence-electron chi connectivity index (χ4n) is 2.45. The molecular weight excluding hydrogens is 224 g/mol. The Morgan fingerprint density at radius 1 is 1.28 bits per heavy atom. The first kappa shape index (κ1) is 13.1. The Morgan fingerprint density at radius 2 is 1.94 bits per heavy atom. The predicted molar refractivity (Wildman–Crippen MR) is 73.2 cm³/mol. The van der Waals surface area contributed by atoms with Crippen molar-refractivity contribution >= 4 is 5.91 Å². The summed E-state index contributed by atoms with van der Waals surface area (Å²) >= 11 is 0. The molecule has 0 unspecified atom stereocenters. The van der Waals surface area contributed by atoms with Crippen molar-refractivity contribution in [2.45, 2.75) is 38.8 Å². The van der Waals surface area contributed by atoms with E-state index in [0.717, 1.165) is 18.7 Å². The van der Waals surface area contributed by atoms with E-state index in [-0.39, 0.29) is 5.91 Å². The van der Waals surface area contributed by atoms with Gasteiger partial charge in [0.2, 0.25) is 5.91 Å². The van der Waals surface area contributed by atoms with E-state index in [1.54, 1.807) is 0 Å². The number of likely N-dealkylation sites (tertiary alicyclic amines) is 1. The van der Waals surface area contributed by atoms with Gasteiger partial charge >= 0.3 is 0 Å². The maximum absolute atomic E-state index is 11.8. The van der Waals surface area contributed by atoms with Crippen LogP contribution in [0, 0.1) is 0 Å². The van der Waals surface area contributed by atoms with Gasteiger partial charge in [-0.05, 0) is 38.4 Å². The maximum atomic E-state index is 11.8. The number of carbonyl (C=O) groups is 1. The number of rotatable bonds is 5. The summed E-state index contributed by atoms with van der Waals surface area (Å²) in [6.07, 6.45) is 3.15. The molecule has 0 aromatic heterocycles. The standard InChI is InChI=1S/C15H22N2O/c1-13(17-9-5-6-10-17)11-15(18)16-12-14-7-3-2-4-8-14/h2-4,7-8,13H,5-6,9-12H2,1H3,(H,16,18)/t13-/m1/s1. The zero-order valence-corrected chi connectivity index (χ0v) is 11.1. The van der Waals surface area contributed by atoms with Crippen molar-refractivity contribution in [3.8, 4) is 0 Å². The fraction of sp³-hybridized carbons (Fsp3) is 0.533. The summed E-state index contributed by atoms with van der Waals surface area (Å²) in [6, 6.07) is 10.4. The molecule has 18 heavy (non-hydrogen) atoms. The second-order valence-electron chi connectivity index (χ2n) is 5.06. The number of hydrogen-bond acceptors (Lipinski definition) is 2. The average molecular weight is 246 g/mol. The van der Waals surface area contributed by atoms with Crippen LogP contribution in [-0.2, 0) is 11.3 Å². The molecule has 0 aliphatic carbocycles. The first-order valence-corrected chi connectivity index (χ1v) is 6.80. The molecule has 98 valence electrons. The highest BCUT2D eigenvalue weighted by Crippen LogP contribution is 2.13. The minimum Gasteiger partial charge on any atom is -0.352 e. The Bertz CT molecular complexity index is 371. The van der Waals surface area contributed by atoms with Crippen LogP contribution in [0.2, 0.25) is 0 Å². The van der Waals surface area contributed by atoms with Crippen LogP contribution < -0.4 is 5.32 Å². The number of nitrogens with one attached hydrogen (secondary N) is 1. The zero-order valence-electron chi connectivity index (χ0n) is 11.1. The van der Waals surface area contributed by atoms with Gasteiger partial charge < -0.3 is 10.2 Å². The first-order chi connectivity index (χ1) is 8.75. The van der Waals surface area contributed by atoms with Gasteiger partial charge in [-0.25, -0.2) is 0 Å². The van der Waals surface area contributed by atoms with Gasteiger partial charge in [-0.15, -0.1) is 0 Å². The van der Waals surface area contributed by atoms with E-state index in [1.165, 1.54) is 12.8 Å². The van der Waals surface area contributed by atoms with Gasteiger partial charge in [-0.3, -0.25) is 4.79 Å². The third kappa shape index (κ3) is 3.84. The van der Waals surface area contributed by atoms with Crippen LogP contribution >= 0.6 is 0 Å². The molecule has 1 aliphatic heterocycles. The number of hydrogen-bond donors (Lipinski definition) is 1. The van der Waals surface area contributed by atoms with Crippen LogP contribution in [0.5, 0.6) is 0 Å². The molecule has 1 atom stereocenters. The van der Waals surface area contributed by atoms with Crippen LogP contribution in [0.3, 0.4) is 0 Å². The van der Waals surface area contributed by atoms with Crippen LogP contribution in [0.15, 0.2) is 30.3 Å². The van der Waals surface area contributed by atoms with E-state index >= 15 is 0 Å². The molecule has 3 heteroatoms. The van der Waals surface area contributed by atoms with Crippen molar-refractivity contribution in [3.63, 3.8) is 0 Å². The van der Waals surface area contributed by atoms with Crippen LogP contribution in [-0.4, -0.2) is 29.9 Å². The maximum Gasteiger partial charge on any atom is 0.221 e. The Balaban J connectivity index is 1.71. The Hall–Kier alpha value is -1.35. The van der Waals surface area contributed by atoms with E-state index in [4.69, 9.17) is 0 Å².